The summed E-state index contributed by atoms with van der Waals surface area (Å²) in [6, 6.07) is 16.9. The first kappa shape index (κ1) is 23.1. The van der Waals surface area contributed by atoms with Crippen molar-refractivity contribution in [2.24, 2.45) is 4.99 Å². The van der Waals surface area contributed by atoms with Gasteiger partial charge in [-0.05, 0) is 60.8 Å². The van der Waals surface area contributed by atoms with E-state index in [9.17, 15) is 4.79 Å². The highest BCUT2D eigenvalue weighted by Crippen LogP contribution is 2.34. The monoisotopic (exact) mass is 479 g/mol. The summed E-state index contributed by atoms with van der Waals surface area (Å²) in [4.78, 5) is 19.3. The number of rotatable bonds is 8. The van der Waals surface area contributed by atoms with Crippen molar-refractivity contribution in [1.29, 1.82) is 0 Å². The number of nitrogens with one attached hydrogen (secondary N) is 1. The lowest BCUT2D eigenvalue weighted by atomic mass is 10.00. The molecule has 36 heavy (non-hydrogen) atoms. The molecule has 7 heteroatoms. The SMILES string of the molecule is C=Nc1ccc(OCc2cc(C3NC4=CC#CCC=C4C(=O)N3Cc3ccco3)ccc2OC)cc1. The number of carbonyl (C=O) groups is 1. The zero-order valence-corrected chi connectivity index (χ0v) is 19.9. The molecule has 1 aliphatic carbocycles. The minimum atomic E-state index is -0.437. The number of hydrogen-bond acceptors (Lipinski definition) is 6. The van der Waals surface area contributed by atoms with Crippen molar-refractivity contribution in [2.45, 2.75) is 25.7 Å². The van der Waals surface area contributed by atoms with Gasteiger partial charge in [0.15, 0.2) is 0 Å². The Morgan fingerprint density at radius 3 is 2.83 bits per heavy atom. The Morgan fingerprint density at radius 1 is 1.22 bits per heavy atom. The van der Waals surface area contributed by atoms with E-state index in [1.165, 1.54) is 0 Å². The fourth-order valence-electron chi connectivity index (χ4n) is 4.23. The van der Waals surface area contributed by atoms with Gasteiger partial charge in [-0.15, -0.1) is 0 Å². The molecule has 0 saturated carbocycles. The standard InChI is InChI=1S/C29H25N3O4/c1-30-22-11-13-23(14-12-22)36-19-21-17-20(10-15-27(21)34-2)28-31-26-9-5-3-4-8-25(26)29(33)32(28)18-24-7-6-16-35-24/h6-17,28,31H,1,4,18-19H2,2H3. The van der Waals surface area contributed by atoms with Gasteiger partial charge in [0.05, 0.1) is 36.9 Å². The summed E-state index contributed by atoms with van der Waals surface area (Å²) in [7, 11) is 1.63. The van der Waals surface area contributed by atoms with Crippen LogP contribution in [0, 0.1) is 11.8 Å². The molecule has 0 spiro atoms. The van der Waals surface area contributed by atoms with Crippen LogP contribution in [-0.4, -0.2) is 24.6 Å². The predicted molar refractivity (Wildman–Crippen MR) is 137 cm³/mol. The molecule has 0 bridgehead atoms. The third kappa shape index (κ3) is 4.75. The van der Waals surface area contributed by atoms with Crippen molar-refractivity contribution in [3.8, 4) is 23.3 Å². The smallest absolute Gasteiger partial charge is 0.257 e. The Labute approximate surface area is 209 Å². The van der Waals surface area contributed by atoms with Gasteiger partial charge in [0.25, 0.3) is 5.91 Å². The number of benzene rings is 2. The lowest BCUT2D eigenvalue weighted by molar-refractivity contribution is -0.132. The normalized spacial score (nSPS) is 16.4. The molecule has 1 unspecified atom stereocenters. The number of carbonyl (C=O) groups excluding carboxylic acids is 1. The van der Waals surface area contributed by atoms with Gasteiger partial charge in [-0.2, -0.15) is 0 Å². The van der Waals surface area contributed by atoms with Crippen LogP contribution < -0.4 is 14.8 Å². The molecule has 2 heterocycles. The van der Waals surface area contributed by atoms with E-state index in [1.807, 2.05) is 60.7 Å². The average Bonchev–Trinajstić information content (AvgIpc) is 3.31. The number of aliphatic imine (C=N–C) groups is 1. The number of allylic oxidation sites excluding steroid dienone is 2. The molecular formula is C29H25N3O4. The summed E-state index contributed by atoms with van der Waals surface area (Å²) in [6.45, 7) is 4.14. The van der Waals surface area contributed by atoms with Crippen LogP contribution in [0.5, 0.6) is 11.5 Å². The van der Waals surface area contributed by atoms with Crippen LogP contribution in [0.15, 0.2) is 93.7 Å². The first-order chi connectivity index (χ1) is 17.7. The Balaban J connectivity index is 1.46. The Kier molecular flexibility index (Phi) is 6.59. The van der Waals surface area contributed by atoms with E-state index in [0.29, 0.717) is 35.8 Å². The Morgan fingerprint density at radius 2 is 2.08 bits per heavy atom. The molecule has 1 aromatic heterocycles. The molecule has 2 aromatic carbocycles. The third-order valence-corrected chi connectivity index (χ3v) is 6.05. The maximum Gasteiger partial charge on any atom is 0.257 e. The number of ether oxygens (including phenoxy) is 2. The molecule has 1 N–H and O–H groups in total. The van der Waals surface area contributed by atoms with Crippen molar-refractivity contribution in [3.05, 3.63) is 101 Å². The van der Waals surface area contributed by atoms with Crippen LogP contribution in [0.3, 0.4) is 0 Å². The van der Waals surface area contributed by atoms with Crippen LogP contribution in [0.25, 0.3) is 0 Å². The summed E-state index contributed by atoms with van der Waals surface area (Å²) >= 11 is 0. The maximum atomic E-state index is 13.6. The molecule has 2 aliphatic rings. The molecule has 5 rings (SSSR count). The van der Waals surface area contributed by atoms with Gasteiger partial charge in [-0.1, -0.05) is 24.0 Å². The van der Waals surface area contributed by atoms with Crippen LogP contribution in [0.1, 0.15) is 29.5 Å². The molecule has 1 saturated heterocycles. The minimum absolute atomic E-state index is 0.0866. The Bertz CT molecular complexity index is 1390. The third-order valence-electron chi connectivity index (χ3n) is 6.05. The average molecular weight is 480 g/mol. The fraction of sp³-hybridized carbons (Fsp3) is 0.172. The Hall–Kier alpha value is -4.70. The van der Waals surface area contributed by atoms with Crippen LogP contribution in [0.4, 0.5) is 5.69 Å². The number of hydrogen-bond donors (Lipinski definition) is 1. The van der Waals surface area contributed by atoms with Crippen molar-refractivity contribution in [3.63, 3.8) is 0 Å². The van der Waals surface area contributed by atoms with E-state index in [0.717, 1.165) is 22.5 Å². The minimum Gasteiger partial charge on any atom is -0.496 e. The van der Waals surface area contributed by atoms with Gasteiger partial charge in [-0.3, -0.25) is 9.79 Å². The number of fused-ring (bicyclic) bond motifs is 1. The molecule has 1 fully saturated rings. The zero-order chi connectivity index (χ0) is 24.9. The second-order valence-corrected chi connectivity index (χ2v) is 8.27. The van der Waals surface area contributed by atoms with Gasteiger partial charge < -0.3 is 24.1 Å². The number of furan rings is 1. The van der Waals surface area contributed by atoms with Crippen LogP contribution in [-0.2, 0) is 17.9 Å². The molecule has 7 nitrogen and oxygen atoms in total. The first-order valence-electron chi connectivity index (χ1n) is 11.5. The van der Waals surface area contributed by atoms with Gasteiger partial charge in [0.1, 0.15) is 30.0 Å². The van der Waals surface area contributed by atoms with E-state index in [-0.39, 0.29) is 12.5 Å². The topological polar surface area (TPSA) is 76.3 Å². The fourth-order valence-corrected chi connectivity index (χ4v) is 4.23. The van der Waals surface area contributed by atoms with Crippen molar-refractivity contribution >= 4 is 18.3 Å². The van der Waals surface area contributed by atoms with Crippen molar-refractivity contribution < 1.29 is 18.7 Å². The van der Waals surface area contributed by atoms with Gasteiger partial charge in [-0.25, -0.2) is 0 Å². The van der Waals surface area contributed by atoms with E-state index in [2.05, 4.69) is 28.9 Å². The highest BCUT2D eigenvalue weighted by Gasteiger charge is 2.36. The van der Waals surface area contributed by atoms with E-state index in [1.54, 1.807) is 24.3 Å². The van der Waals surface area contributed by atoms with Crippen molar-refractivity contribution in [1.82, 2.24) is 10.2 Å². The summed E-state index contributed by atoms with van der Waals surface area (Å²) < 4.78 is 17.2. The quantitative estimate of drug-likeness (QED) is 0.362. The number of amides is 1. The largest absolute Gasteiger partial charge is 0.496 e. The second kappa shape index (κ2) is 10.3. The molecule has 1 aliphatic heterocycles. The lowest BCUT2D eigenvalue weighted by Gasteiger charge is -2.39. The second-order valence-electron chi connectivity index (χ2n) is 8.27. The highest BCUT2D eigenvalue weighted by atomic mass is 16.5. The molecular weight excluding hydrogens is 454 g/mol. The molecule has 0 radical (unpaired) electrons. The summed E-state index contributed by atoms with van der Waals surface area (Å²) in [6.07, 6.45) is 5.33. The van der Waals surface area contributed by atoms with Crippen LogP contribution in [0.2, 0.25) is 0 Å². The van der Waals surface area contributed by atoms with E-state index < -0.39 is 6.17 Å². The summed E-state index contributed by atoms with van der Waals surface area (Å²) in [5.41, 5.74) is 3.83. The van der Waals surface area contributed by atoms with Crippen molar-refractivity contribution in [2.75, 3.05) is 7.11 Å². The highest BCUT2D eigenvalue weighted by molar-refractivity contribution is 5.99. The lowest BCUT2D eigenvalue weighted by Crippen LogP contribution is -2.48. The molecule has 1 atom stereocenters. The molecule has 1 amide bonds. The van der Waals surface area contributed by atoms with E-state index >= 15 is 0 Å². The van der Waals surface area contributed by atoms with Crippen LogP contribution >= 0.6 is 0 Å². The van der Waals surface area contributed by atoms with Gasteiger partial charge >= 0.3 is 0 Å². The van der Waals surface area contributed by atoms with Gasteiger partial charge in [0.2, 0.25) is 0 Å². The molecule has 180 valence electrons. The summed E-state index contributed by atoms with van der Waals surface area (Å²) in [5, 5.41) is 3.51. The van der Waals surface area contributed by atoms with E-state index in [4.69, 9.17) is 13.9 Å². The molecule has 3 aromatic rings. The van der Waals surface area contributed by atoms with Gasteiger partial charge in [0, 0.05) is 18.1 Å². The maximum absolute atomic E-state index is 13.6. The number of nitrogens with zero attached hydrogens (tertiary/aromatic N) is 2. The number of methoxy groups -OCH3 is 1. The first-order valence-corrected chi connectivity index (χ1v) is 11.5. The zero-order valence-electron chi connectivity index (χ0n) is 19.9. The predicted octanol–water partition coefficient (Wildman–Crippen LogP) is 5.05. The summed E-state index contributed by atoms with van der Waals surface area (Å²) in [5.74, 6) is 8.05.